The van der Waals surface area contributed by atoms with Crippen molar-refractivity contribution in [3.63, 3.8) is 0 Å². The summed E-state index contributed by atoms with van der Waals surface area (Å²) in [5.41, 5.74) is 0.631. The first-order valence-corrected chi connectivity index (χ1v) is 8.53. The van der Waals surface area contributed by atoms with Crippen LogP contribution < -0.4 is 10.6 Å². The van der Waals surface area contributed by atoms with Crippen LogP contribution in [0.1, 0.15) is 43.0 Å². The highest BCUT2D eigenvalue weighted by molar-refractivity contribution is 5.93. The molecule has 2 heterocycles. The lowest BCUT2D eigenvalue weighted by atomic mass is 10.0. The molecule has 0 aliphatic rings. The highest BCUT2D eigenvalue weighted by Crippen LogP contribution is 2.17. The highest BCUT2D eigenvalue weighted by Gasteiger charge is 2.24. The molecule has 2 atom stereocenters. The molecule has 142 valence electrons. The number of aromatic nitrogens is 4. The molecule has 0 aliphatic heterocycles. The maximum atomic E-state index is 12.6. The van der Waals surface area contributed by atoms with Gasteiger partial charge in [0, 0.05) is 32.1 Å². The number of nitrogens with one attached hydrogen (secondary N) is 3. The lowest BCUT2D eigenvalue weighted by Crippen LogP contribution is -2.44. The van der Waals surface area contributed by atoms with Gasteiger partial charge in [-0.1, -0.05) is 13.8 Å². The Hall–Kier alpha value is -2.68. The van der Waals surface area contributed by atoms with Crippen molar-refractivity contribution in [3.05, 3.63) is 35.9 Å². The van der Waals surface area contributed by atoms with Crippen molar-refractivity contribution < 1.29 is 14.3 Å². The standard InChI is InChI=1S/C17H26N6O3/c1-11(2)15(23-7-5-6-8-23)17(25)18-9-12(3)19-16(24)14-13(10-26-4)20-22-21-14/h5-8,11-12,15H,9-10H2,1-4H3,(H,18,25)(H,19,24)(H,20,21,22)/t12-,15?/m0/s1. The quantitative estimate of drug-likeness (QED) is 0.613. The lowest BCUT2D eigenvalue weighted by Gasteiger charge is -2.23. The zero-order chi connectivity index (χ0) is 19.1. The van der Waals surface area contributed by atoms with Crippen LogP contribution in [0.25, 0.3) is 0 Å². The number of hydrogen-bond donors (Lipinski definition) is 3. The summed E-state index contributed by atoms with van der Waals surface area (Å²) in [7, 11) is 1.52. The monoisotopic (exact) mass is 362 g/mol. The third kappa shape index (κ3) is 4.92. The molecule has 0 radical (unpaired) electrons. The summed E-state index contributed by atoms with van der Waals surface area (Å²) in [5, 5.41) is 15.9. The van der Waals surface area contributed by atoms with Crippen LogP contribution in [-0.4, -0.2) is 51.5 Å². The van der Waals surface area contributed by atoms with Gasteiger partial charge in [-0.05, 0) is 25.0 Å². The van der Waals surface area contributed by atoms with Crippen molar-refractivity contribution in [2.45, 2.75) is 39.5 Å². The van der Waals surface area contributed by atoms with Crippen LogP contribution in [0.4, 0.5) is 0 Å². The number of amides is 2. The average molecular weight is 362 g/mol. The Morgan fingerprint density at radius 2 is 1.92 bits per heavy atom. The van der Waals surface area contributed by atoms with Gasteiger partial charge in [-0.3, -0.25) is 9.59 Å². The van der Waals surface area contributed by atoms with E-state index < -0.39 is 0 Å². The van der Waals surface area contributed by atoms with Gasteiger partial charge in [0.25, 0.3) is 5.91 Å². The minimum absolute atomic E-state index is 0.0844. The van der Waals surface area contributed by atoms with E-state index in [-0.39, 0.29) is 42.1 Å². The molecule has 0 saturated carbocycles. The molecular formula is C17H26N6O3. The van der Waals surface area contributed by atoms with Gasteiger partial charge in [-0.2, -0.15) is 15.4 Å². The Kier molecular flexibility index (Phi) is 6.90. The van der Waals surface area contributed by atoms with Gasteiger partial charge in [-0.15, -0.1) is 0 Å². The van der Waals surface area contributed by atoms with Crippen molar-refractivity contribution in [1.82, 2.24) is 30.6 Å². The molecule has 9 nitrogen and oxygen atoms in total. The molecule has 26 heavy (non-hydrogen) atoms. The van der Waals surface area contributed by atoms with Crippen molar-refractivity contribution in [3.8, 4) is 0 Å². The van der Waals surface area contributed by atoms with Gasteiger partial charge in [0.2, 0.25) is 5.91 Å². The third-order valence-electron chi connectivity index (χ3n) is 3.93. The van der Waals surface area contributed by atoms with Crippen LogP contribution in [0, 0.1) is 5.92 Å². The van der Waals surface area contributed by atoms with Crippen molar-refractivity contribution >= 4 is 11.8 Å². The van der Waals surface area contributed by atoms with Crippen LogP contribution in [0.2, 0.25) is 0 Å². The van der Waals surface area contributed by atoms with E-state index in [1.54, 1.807) is 0 Å². The Labute approximate surface area is 152 Å². The molecule has 0 bridgehead atoms. The van der Waals surface area contributed by atoms with Gasteiger partial charge in [-0.25, -0.2) is 0 Å². The summed E-state index contributed by atoms with van der Waals surface area (Å²) in [6.45, 7) is 6.31. The summed E-state index contributed by atoms with van der Waals surface area (Å²) in [5.74, 6) is -0.309. The molecule has 0 spiro atoms. The number of ether oxygens (including phenoxy) is 1. The van der Waals surface area contributed by atoms with Crippen molar-refractivity contribution in [1.29, 1.82) is 0 Å². The van der Waals surface area contributed by atoms with Crippen LogP contribution in [0.15, 0.2) is 24.5 Å². The van der Waals surface area contributed by atoms with E-state index in [1.165, 1.54) is 7.11 Å². The molecule has 3 N–H and O–H groups in total. The first kappa shape index (κ1) is 19.6. The molecule has 2 rings (SSSR count). The fraction of sp³-hybridized carbons (Fsp3) is 0.529. The summed E-state index contributed by atoms with van der Waals surface area (Å²) in [4.78, 5) is 24.8. The molecule has 9 heteroatoms. The number of hydrogen-bond acceptors (Lipinski definition) is 5. The Morgan fingerprint density at radius 3 is 2.54 bits per heavy atom. The largest absolute Gasteiger partial charge is 0.378 e. The summed E-state index contributed by atoms with van der Waals surface area (Å²) in [6.07, 6.45) is 3.74. The maximum absolute atomic E-state index is 12.6. The van der Waals surface area contributed by atoms with Crippen LogP contribution >= 0.6 is 0 Å². The van der Waals surface area contributed by atoms with Crippen molar-refractivity contribution in [2.75, 3.05) is 13.7 Å². The molecule has 0 fully saturated rings. The van der Waals surface area contributed by atoms with Crippen LogP contribution in [0.5, 0.6) is 0 Å². The van der Waals surface area contributed by atoms with E-state index in [9.17, 15) is 9.59 Å². The molecule has 2 aromatic rings. The molecule has 0 aromatic carbocycles. The number of aromatic amines is 1. The van der Waals surface area contributed by atoms with Crippen molar-refractivity contribution in [2.24, 2.45) is 5.92 Å². The number of methoxy groups -OCH3 is 1. The fourth-order valence-corrected chi connectivity index (χ4v) is 2.69. The summed E-state index contributed by atoms with van der Waals surface area (Å²) < 4.78 is 6.87. The molecule has 0 aliphatic carbocycles. The van der Waals surface area contributed by atoms with E-state index in [1.807, 2.05) is 49.9 Å². The highest BCUT2D eigenvalue weighted by atomic mass is 16.5. The van der Waals surface area contributed by atoms with E-state index in [4.69, 9.17) is 4.74 Å². The summed E-state index contributed by atoms with van der Waals surface area (Å²) >= 11 is 0. The number of nitrogens with zero attached hydrogens (tertiary/aromatic N) is 3. The minimum Gasteiger partial charge on any atom is -0.378 e. The second-order valence-corrected chi connectivity index (χ2v) is 6.49. The predicted octanol–water partition coefficient (Wildman–Crippen LogP) is 0.884. The second kappa shape index (κ2) is 9.14. The van der Waals surface area contributed by atoms with E-state index in [0.29, 0.717) is 12.2 Å². The maximum Gasteiger partial charge on any atom is 0.274 e. The molecule has 1 unspecified atom stereocenters. The smallest absolute Gasteiger partial charge is 0.274 e. The Morgan fingerprint density at radius 1 is 1.23 bits per heavy atom. The molecule has 2 aromatic heterocycles. The second-order valence-electron chi connectivity index (χ2n) is 6.49. The number of H-pyrrole nitrogens is 1. The average Bonchev–Trinajstić information content (AvgIpc) is 3.25. The zero-order valence-electron chi connectivity index (χ0n) is 15.5. The number of carbonyl (C=O) groups excluding carboxylic acids is 2. The van der Waals surface area contributed by atoms with Gasteiger partial charge < -0.3 is 19.9 Å². The SMILES string of the molecule is COCc1n[nH]nc1C(=O)N[C@@H](C)CNC(=O)C(C(C)C)n1cccc1. The van der Waals surface area contributed by atoms with Crippen LogP contribution in [0.3, 0.4) is 0 Å². The van der Waals surface area contributed by atoms with Gasteiger partial charge in [0.05, 0.1) is 6.61 Å². The first-order valence-electron chi connectivity index (χ1n) is 8.53. The van der Waals surface area contributed by atoms with E-state index >= 15 is 0 Å². The van der Waals surface area contributed by atoms with Gasteiger partial charge in [0.15, 0.2) is 5.69 Å². The topological polar surface area (TPSA) is 114 Å². The van der Waals surface area contributed by atoms with E-state index in [0.717, 1.165) is 0 Å². The predicted molar refractivity (Wildman–Crippen MR) is 95.3 cm³/mol. The molecule has 0 saturated heterocycles. The fourth-order valence-electron chi connectivity index (χ4n) is 2.69. The number of carbonyl (C=O) groups is 2. The molecular weight excluding hydrogens is 336 g/mol. The van der Waals surface area contributed by atoms with Crippen LogP contribution in [-0.2, 0) is 16.1 Å². The summed E-state index contributed by atoms with van der Waals surface area (Å²) in [6, 6.07) is 3.22. The van der Waals surface area contributed by atoms with Gasteiger partial charge in [0.1, 0.15) is 11.7 Å². The third-order valence-corrected chi connectivity index (χ3v) is 3.93. The lowest BCUT2D eigenvalue weighted by molar-refractivity contribution is -0.125. The normalized spacial score (nSPS) is 13.4. The Bertz CT molecular complexity index is 710. The molecule has 2 amide bonds. The minimum atomic E-state index is -0.363. The number of rotatable bonds is 9. The first-order chi connectivity index (χ1) is 12.4. The van der Waals surface area contributed by atoms with Gasteiger partial charge >= 0.3 is 0 Å². The zero-order valence-corrected chi connectivity index (χ0v) is 15.5. The Balaban J connectivity index is 1.89. The van der Waals surface area contributed by atoms with E-state index in [2.05, 4.69) is 26.0 Å².